The first kappa shape index (κ1) is 25.2. The van der Waals surface area contributed by atoms with E-state index in [1.807, 2.05) is 32.6 Å². The number of ether oxygens (including phenoxy) is 1. The van der Waals surface area contributed by atoms with Gasteiger partial charge in [-0.1, -0.05) is 45.4 Å². The lowest BCUT2D eigenvalue weighted by Gasteiger charge is -2.26. The van der Waals surface area contributed by atoms with Crippen LogP contribution in [0.1, 0.15) is 33.3 Å². The number of carbonyl (C=O) groups is 1. The zero-order valence-electron chi connectivity index (χ0n) is 16.5. The molecule has 0 aromatic heterocycles. The topological polar surface area (TPSA) is 41.6 Å². The molecular weight excluding hydrogens is 320 g/mol. The summed E-state index contributed by atoms with van der Waals surface area (Å²) in [6.45, 7) is 13.4. The normalized spacial score (nSPS) is 12.5. The summed E-state index contributed by atoms with van der Waals surface area (Å²) in [4.78, 5) is 14.4. The molecule has 0 radical (unpaired) electrons. The third kappa shape index (κ3) is 12.4. The highest BCUT2D eigenvalue weighted by Crippen LogP contribution is 2.13. The summed E-state index contributed by atoms with van der Waals surface area (Å²) in [5, 5.41) is 2.83. The molecule has 1 N–H and O–H groups in total. The van der Waals surface area contributed by atoms with Crippen LogP contribution in [0.4, 0.5) is 0 Å². The number of rotatable bonds is 3. The van der Waals surface area contributed by atoms with E-state index in [0.717, 1.165) is 13.1 Å². The lowest BCUT2D eigenvalue weighted by atomic mass is 10.2. The molecule has 1 saturated heterocycles. The minimum Gasteiger partial charge on any atom is -0.378 e. The van der Waals surface area contributed by atoms with E-state index in [-0.39, 0.29) is 5.91 Å². The summed E-state index contributed by atoms with van der Waals surface area (Å²) in [7, 11) is 1.78. The van der Waals surface area contributed by atoms with Crippen molar-refractivity contribution in [3.05, 3.63) is 29.8 Å². The Bertz CT molecular complexity index is 391. The van der Waals surface area contributed by atoms with Crippen molar-refractivity contribution in [1.82, 2.24) is 10.2 Å². The summed E-state index contributed by atoms with van der Waals surface area (Å²) >= 11 is 1.78. The Kier molecular flexibility index (Phi) is 19.2. The summed E-state index contributed by atoms with van der Waals surface area (Å²) in [6.07, 6.45) is 2.09. The van der Waals surface area contributed by atoms with Crippen molar-refractivity contribution < 1.29 is 9.53 Å². The van der Waals surface area contributed by atoms with Gasteiger partial charge in [0.25, 0.3) is 0 Å². The van der Waals surface area contributed by atoms with Gasteiger partial charge in [-0.25, -0.2) is 0 Å². The van der Waals surface area contributed by atoms with Crippen LogP contribution in [0.3, 0.4) is 0 Å². The highest BCUT2D eigenvalue weighted by molar-refractivity contribution is 7.98. The van der Waals surface area contributed by atoms with Gasteiger partial charge in [-0.2, -0.15) is 0 Å². The number of amides is 1. The van der Waals surface area contributed by atoms with E-state index in [0.29, 0.717) is 19.8 Å². The first-order chi connectivity index (χ1) is 11.7. The highest BCUT2D eigenvalue weighted by Gasteiger charge is 2.14. The van der Waals surface area contributed by atoms with Crippen molar-refractivity contribution in [3.8, 4) is 0 Å². The van der Waals surface area contributed by atoms with Gasteiger partial charge in [-0.3, -0.25) is 4.79 Å². The van der Waals surface area contributed by atoms with Crippen LogP contribution >= 0.6 is 11.8 Å². The molecule has 4 nitrogen and oxygen atoms in total. The van der Waals surface area contributed by atoms with Crippen LogP contribution in [0.25, 0.3) is 0 Å². The van der Waals surface area contributed by atoms with Gasteiger partial charge in [0.2, 0.25) is 5.91 Å². The molecule has 1 aliphatic heterocycles. The molecule has 140 valence electrons. The molecular formula is C19H36N2O2S. The fraction of sp³-hybridized carbons (Fsp3) is 0.632. The fourth-order valence-corrected chi connectivity index (χ4v) is 2.16. The maximum absolute atomic E-state index is 11.2. The number of nitrogens with one attached hydrogen (secondary N) is 1. The van der Waals surface area contributed by atoms with E-state index in [1.165, 1.54) is 10.5 Å². The van der Waals surface area contributed by atoms with E-state index in [4.69, 9.17) is 4.74 Å². The van der Waals surface area contributed by atoms with Gasteiger partial charge in [0, 0.05) is 18.0 Å². The molecule has 5 heteroatoms. The van der Waals surface area contributed by atoms with Crippen molar-refractivity contribution in [1.29, 1.82) is 0 Å². The molecule has 0 unspecified atom stereocenters. The van der Waals surface area contributed by atoms with E-state index in [2.05, 4.69) is 42.8 Å². The third-order valence-electron chi connectivity index (χ3n) is 2.95. The quantitative estimate of drug-likeness (QED) is 0.836. The molecule has 1 heterocycles. The molecule has 0 saturated carbocycles. The number of morpholine rings is 1. The van der Waals surface area contributed by atoms with E-state index >= 15 is 0 Å². The predicted octanol–water partition coefficient (Wildman–Crippen LogP) is 3.83. The Morgan fingerprint density at radius 3 is 2.04 bits per heavy atom. The summed E-state index contributed by atoms with van der Waals surface area (Å²) < 4.78 is 5.11. The summed E-state index contributed by atoms with van der Waals surface area (Å²) in [5.74, 6) is 0.163. The fourth-order valence-electron chi connectivity index (χ4n) is 1.75. The third-order valence-corrected chi connectivity index (χ3v) is 3.69. The standard InChI is InChI=1S/C8H10S.C7H14N2O2.2C2H6/c1-7-3-5-8(9-2)6-4-7;1-8-6-7(10)9-2-4-11-5-3-9;2*1-2/h3-6H,1-2H3;8H,2-6H2,1H3;2*1-2H3. The number of carbonyl (C=O) groups excluding carboxylic acids is 1. The molecule has 1 amide bonds. The summed E-state index contributed by atoms with van der Waals surface area (Å²) in [5.41, 5.74) is 1.33. The van der Waals surface area contributed by atoms with Gasteiger partial charge >= 0.3 is 0 Å². The lowest BCUT2D eigenvalue weighted by molar-refractivity contribution is -0.134. The molecule has 1 aromatic carbocycles. The van der Waals surface area contributed by atoms with Crippen molar-refractivity contribution >= 4 is 17.7 Å². The molecule has 2 rings (SSSR count). The first-order valence-electron chi connectivity index (χ1n) is 8.78. The molecule has 0 aliphatic carbocycles. The van der Waals surface area contributed by atoms with Crippen molar-refractivity contribution in [2.75, 3.05) is 46.2 Å². The molecule has 0 atom stereocenters. The molecule has 1 aromatic rings. The maximum Gasteiger partial charge on any atom is 0.236 e. The zero-order valence-corrected chi connectivity index (χ0v) is 17.3. The van der Waals surface area contributed by atoms with Crippen LogP contribution in [0, 0.1) is 6.92 Å². The van der Waals surface area contributed by atoms with E-state index < -0.39 is 0 Å². The Morgan fingerprint density at radius 1 is 1.12 bits per heavy atom. The second-order valence-electron chi connectivity index (χ2n) is 4.54. The first-order valence-corrected chi connectivity index (χ1v) is 10.0. The van der Waals surface area contributed by atoms with E-state index in [9.17, 15) is 4.79 Å². The average molecular weight is 357 g/mol. The number of benzene rings is 1. The average Bonchev–Trinajstić information content (AvgIpc) is 2.67. The number of nitrogens with zero attached hydrogens (tertiary/aromatic N) is 1. The zero-order chi connectivity index (χ0) is 18.8. The van der Waals surface area contributed by atoms with Gasteiger partial charge in [-0.15, -0.1) is 11.8 Å². The number of hydrogen-bond acceptors (Lipinski definition) is 4. The van der Waals surface area contributed by atoms with Crippen LogP contribution in [-0.4, -0.2) is 57.0 Å². The monoisotopic (exact) mass is 356 g/mol. The Morgan fingerprint density at radius 2 is 1.62 bits per heavy atom. The van der Waals surface area contributed by atoms with Crippen LogP contribution in [-0.2, 0) is 9.53 Å². The largest absolute Gasteiger partial charge is 0.378 e. The number of aryl methyl sites for hydroxylation is 1. The highest BCUT2D eigenvalue weighted by atomic mass is 32.2. The van der Waals surface area contributed by atoms with Crippen LogP contribution in [0.15, 0.2) is 29.2 Å². The Hall–Kier alpha value is -1.04. The molecule has 24 heavy (non-hydrogen) atoms. The van der Waals surface area contributed by atoms with Gasteiger partial charge in [0.1, 0.15) is 0 Å². The van der Waals surface area contributed by atoms with E-state index in [1.54, 1.807) is 18.8 Å². The summed E-state index contributed by atoms with van der Waals surface area (Å²) in [6, 6.07) is 8.54. The van der Waals surface area contributed by atoms with Crippen LogP contribution in [0.2, 0.25) is 0 Å². The van der Waals surface area contributed by atoms with Gasteiger partial charge < -0.3 is 15.0 Å². The molecule has 0 bridgehead atoms. The molecule has 0 spiro atoms. The van der Waals surface area contributed by atoms with Crippen molar-refractivity contribution in [2.24, 2.45) is 0 Å². The van der Waals surface area contributed by atoms with Crippen LogP contribution in [0.5, 0.6) is 0 Å². The van der Waals surface area contributed by atoms with Gasteiger partial charge in [-0.05, 0) is 32.4 Å². The second-order valence-corrected chi connectivity index (χ2v) is 5.42. The van der Waals surface area contributed by atoms with Gasteiger partial charge in [0.05, 0.1) is 19.8 Å². The number of thioether (sulfide) groups is 1. The molecule has 1 fully saturated rings. The Labute approximate surface area is 153 Å². The predicted molar refractivity (Wildman–Crippen MR) is 107 cm³/mol. The SMILES string of the molecule is CC.CC.CNCC(=O)N1CCOCC1.CSc1ccc(C)cc1. The minimum atomic E-state index is 0.163. The van der Waals surface area contributed by atoms with Crippen LogP contribution < -0.4 is 5.32 Å². The minimum absolute atomic E-state index is 0.163. The van der Waals surface area contributed by atoms with Crippen molar-refractivity contribution in [3.63, 3.8) is 0 Å². The number of likely N-dealkylation sites (N-methyl/N-ethyl adjacent to an activating group) is 1. The van der Waals surface area contributed by atoms with Crippen molar-refractivity contribution in [2.45, 2.75) is 39.5 Å². The molecule has 1 aliphatic rings. The maximum atomic E-state index is 11.2. The number of hydrogen-bond donors (Lipinski definition) is 1. The Balaban J connectivity index is 0. The smallest absolute Gasteiger partial charge is 0.236 e. The lowest BCUT2D eigenvalue weighted by Crippen LogP contribution is -2.44. The second kappa shape index (κ2) is 18.3. The van der Waals surface area contributed by atoms with Gasteiger partial charge in [0.15, 0.2) is 0 Å².